The van der Waals surface area contributed by atoms with E-state index in [-0.39, 0.29) is 16.5 Å². The highest BCUT2D eigenvalue weighted by atomic mass is 35.5. The molecule has 1 aromatic heterocycles. The number of halogens is 1. The van der Waals surface area contributed by atoms with Gasteiger partial charge in [-0.15, -0.1) is 0 Å². The Morgan fingerprint density at radius 1 is 1.75 bits per heavy atom. The van der Waals surface area contributed by atoms with Gasteiger partial charge in [-0.3, -0.25) is 5.84 Å². The number of nitro groups is 1. The third-order valence-corrected chi connectivity index (χ3v) is 1.51. The molecule has 1 rings (SSSR count). The first-order chi connectivity index (χ1) is 5.66. The van der Waals surface area contributed by atoms with Crippen molar-refractivity contribution in [1.29, 1.82) is 0 Å². The van der Waals surface area contributed by atoms with Gasteiger partial charge in [-0.05, 0) is 9.91 Å². The van der Waals surface area contributed by atoms with Crippen molar-refractivity contribution in [3.05, 3.63) is 27.4 Å². The summed E-state index contributed by atoms with van der Waals surface area (Å²) >= 11 is 5.59. The molecule has 1 aromatic rings. The molecule has 0 unspecified atom stereocenters. The fraction of sp³-hybridized carbons (Fsp3) is 0. The van der Waals surface area contributed by atoms with E-state index in [0.717, 1.165) is 0 Å². The van der Waals surface area contributed by atoms with Crippen LogP contribution in [0.3, 0.4) is 0 Å². The molecule has 0 aliphatic heterocycles. The van der Waals surface area contributed by atoms with E-state index < -0.39 is 4.92 Å². The zero-order valence-corrected chi connectivity index (χ0v) is 6.58. The minimum Gasteiger partial charge on any atom is -0.358 e. The Kier molecular flexibility index (Phi) is 2.41. The van der Waals surface area contributed by atoms with Gasteiger partial charge in [-0.2, -0.15) is 0 Å². The fourth-order valence-corrected chi connectivity index (χ4v) is 0.895. The van der Waals surface area contributed by atoms with E-state index in [1.807, 2.05) is 0 Å². The Hall–Kier alpha value is -1.40. The first-order valence-corrected chi connectivity index (χ1v) is 3.30. The molecule has 7 heteroatoms. The molecule has 0 saturated heterocycles. The monoisotopic (exact) mass is 188 g/mol. The van der Waals surface area contributed by atoms with Crippen molar-refractivity contribution < 1.29 is 4.92 Å². The van der Waals surface area contributed by atoms with Gasteiger partial charge >= 0.3 is 5.82 Å². The highest BCUT2D eigenvalue weighted by molar-refractivity contribution is 6.33. The smallest absolute Gasteiger partial charge is 0.358 e. The quantitative estimate of drug-likeness (QED) is 0.409. The number of pyridine rings is 1. The molecule has 0 atom stereocenters. The predicted octanol–water partition coefficient (Wildman–Crippen LogP) is 0.929. The Morgan fingerprint density at radius 3 is 2.83 bits per heavy atom. The van der Waals surface area contributed by atoms with Gasteiger partial charge in [0.2, 0.25) is 0 Å². The number of nitrogens with one attached hydrogen (secondary N) is 1. The highest BCUT2D eigenvalue weighted by Crippen LogP contribution is 2.28. The molecule has 0 aromatic carbocycles. The normalized spacial score (nSPS) is 9.50. The van der Waals surface area contributed by atoms with Gasteiger partial charge in [-0.1, -0.05) is 11.6 Å². The number of nitrogens with two attached hydrogens (primary N) is 1. The van der Waals surface area contributed by atoms with E-state index in [0.29, 0.717) is 0 Å². The Balaban J connectivity index is 3.27. The van der Waals surface area contributed by atoms with Crippen molar-refractivity contribution in [2.75, 3.05) is 5.43 Å². The standard InChI is InChI=1S/C5H5ClN4O2/c6-3-1-2-8-5(10(11)12)4(3)9-7/h1-2,9H,7H2. The Morgan fingerprint density at radius 2 is 2.42 bits per heavy atom. The van der Waals surface area contributed by atoms with Gasteiger partial charge in [0.15, 0.2) is 5.69 Å². The third-order valence-electron chi connectivity index (χ3n) is 1.20. The lowest BCUT2D eigenvalue weighted by atomic mass is 10.4. The number of nitrogens with zero attached hydrogens (tertiary/aromatic N) is 2. The van der Waals surface area contributed by atoms with E-state index in [1.54, 1.807) is 0 Å². The fourth-order valence-electron chi connectivity index (χ4n) is 0.700. The highest BCUT2D eigenvalue weighted by Gasteiger charge is 2.16. The molecule has 6 nitrogen and oxygen atoms in total. The van der Waals surface area contributed by atoms with Gasteiger partial charge in [0.05, 0.1) is 5.02 Å². The van der Waals surface area contributed by atoms with Crippen LogP contribution in [0.1, 0.15) is 0 Å². The molecule has 0 saturated carbocycles. The summed E-state index contributed by atoms with van der Waals surface area (Å²) in [5, 5.41) is 10.5. The van der Waals surface area contributed by atoms with E-state index in [2.05, 4.69) is 10.4 Å². The maximum atomic E-state index is 10.3. The van der Waals surface area contributed by atoms with Gasteiger partial charge < -0.3 is 15.5 Å². The Labute approximate surface area is 72.5 Å². The minimum absolute atomic E-state index is 0.0177. The predicted molar refractivity (Wildman–Crippen MR) is 43.7 cm³/mol. The maximum Gasteiger partial charge on any atom is 0.389 e. The number of hydrogen-bond acceptors (Lipinski definition) is 5. The van der Waals surface area contributed by atoms with Crippen molar-refractivity contribution in [3.63, 3.8) is 0 Å². The van der Waals surface area contributed by atoms with Crippen molar-refractivity contribution in [3.8, 4) is 0 Å². The minimum atomic E-state index is -0.666. The summed E-state index contributed by atoms with van der Waals surface area (Å²) < 4.78 is 0. The summed E-state index contributed by atoms with van der Waals surface area (Å²) in [4.78, 5) is 13.1. The Bertz CT molecular complexity index is 316. The molecular weight excluding hydrogens is 184 g/mol. The zero-order valence-electron chi connectivity index (χ0n) is 5.82. The lowest BCUT2D eigenvalue weighted by Gasteiger charge is -2.01. The van der Waals surface area contributed by atoms with Crippen LogP contribution >= 0.6 is 11.6 Å². The number of rotatable bonds is 2. The molecule has 1 heterocycles. The summed E-state index contributed by atoms with van der Waals surface area (Å²) in [5.41, 5.74) is 2.13. The zero-order chi connectivity index (χ0) is 9.14. The summed E-state index contributed by atoms with van der Waals surface area (Å²) in [5.74, 6) is 4.63. The van der Waals surface area contributed by atoms with Crippen LogP contribution in [0.5, 0.6) is 0 Å². The van der Waals surface area contributed by atoms with Crippen LogP contribution in [0.25, 0.3) is 0 Å². The number of aromatic nitrogens is 1. The van der Waals surface area contributed by atoms with Crippen molar-refractivity contribution in [2.45, 2.75) is 0 Å². The van der Waals surface area contributed by atoms with Gasteiger partial charge in [0.25, 0.3) is 0 Å². The molecule has 0 radical (unpaired) electrons. The lowest BCUT2D eigenvalue weighted by molar-refractivity contribution is -0.388. The number of hydrogen-bond donors (Lipinski definition) is 2. The number of anilines is 1. The van der Waals surface area contributed by atoms with Crippen LogP contribution in [-0.2, 0) is 0 Å². The van der Waals surface area contributed by atoms with Crippen LogP contribution in [0, 0.1) is 10.1 Å². The molecule has 12 heavy (non-hydrogen) atoms. The van der Waals surface area contributed by atoms with E-state index in [9.17, 15) is 10.1 Å². The molecule has 0 fully saturated rings. The first-order valence-electron chi connectivity index (χ1n) is 2.92. The second-order valence-corrected chi connectivity index (χ2v) is 2.30. The molecule has 64 valence electrons. The van der Waals surface area contributed by atoms with Crippen molar-refractivity contribution in [1.82, 2.24) is 4.98 Å². The van der Waals surface area contributed by atoms with E-state index in [1.165, 1.54) is 12.3 Å². The summed E-state index contributed by atoms with van der Waals surface area (Å²) in [6.07, 6.45) is 1.24. The van der Waals surface area contributed by atoms with Gasteiger partial charge in [0, 0.05) is 6.07 Å². The molecule has 0 aliphatic rings. The van der Waals surface area contributed by atoms with Crippen molar-refractivity contribution >= 4 is 23.1 Å². The molecule has 0 amide bonds. The van der Waals surface area contributed by atoms with E-state index >= 15 is 0 Å². The van der Waals surface area contributed by atoms with Crippen LogP contribution in [0.4, 0.5) is 11.5 Å². The van der Waals surface area contributed by atoms with E-state index in [4.69, 9.17) is 17.4 Å². The summed E-state index contributed by atoms with van der Waals surface area (Å²) in [6.45, 7) is 0. The second kappa shape index (κ2) is 3.33. The molecule has 3 N–H and O–H groups in total. The number of hydrazine groups is 1. The third kappa shape index (κ3) is 1.44. The lowest BCUT2D eigenvalue weighted by Crippen LogP contribution is -2.10. The first kappa shape index (κ1) is 8.69. The number of nitrogen functional groups attached to an aromatic ring is 1. The average molecular weight is 189 g/mol. The van der Waals surface area contributed by atoms with Gasteiger partial charge in [-0.25, -0.2) is 0 Å². The van der Waals surface area contributed by atoms with Crippen LogP contribution < -0.4 is 11.3 Å². The molecular formula is C5H5ClN4O2. The molecule has 0 spiro atoms. The maximum absolute atomic E-state index is 10.3. The molecule has 0 aliphatic carbocycles. The summed E-state index contributed by atoms with van der Waals surface area (Å²) in [6, 6.07) is 1.41. The largest absolute Gasteiger partial charge is 0.389 e. The second-order valence-electron chi connectivity index (χ2n) is 1.89. The molecule has 0 bridgehead atoms. The summed E-state index contributed by atoms with van der Waals surface area (Å²) in [7, 11) is 0. The van der Waals surface area contributed by atoms with Crippen LogP contribution in [-0.4, -0.2) is 9.91 Å². The van der Waals surface area contributed by atoms with Gasteiger partial charge in [0.1, 0.15) is 6.20 Å². The van der Waals surface area contributed by atoms with Crippen molar-refractivity contribution in [2.24, 2.45) is 5.84 Å². The topological polar surface area (TPSA) is 94.1 Å². The average Bonchev–Trinajstić information content (AvgIpc) is 2.03. The van der Waals surface area contributed by atoms with Crippen LogP contribution in [0.2, 0.25) is 5.02 Å². The SMILES string of the molecule is NNc1c(Cl)ccnc1[N+](=O)[O-]. The van der Waals surface area contributed by atoms with Crippen LogP contribution in [0.15, 0.2) is 12.3 Å².